The SMILES string of the molecule is C=C[CH]CCC1CCCCC1. The molecule has 1 aliphatic carbocycles. The van der Waals surface area contributed by atoms with E-state index in [0.717, 1.165) is 5.92 Å². The molecule has 1 aliphatic rings. The van der Waals surface area contributed by atoms with Gasteiger partial charge in [0.15, 0.2) is 0 Å². The first-order chi connectivity index (χ1) is 5.43. The highest BCUT2D eigenvalue weighted by Gasteiger charge is 2.11. The monoisotopic (exact) mass is 151 g/mol. The fourth-order valence-electron chi connectivity index (χ4n) is 1.93. The van der Waals surface area contributed by atoms with Gasteiger partial charge in [-0.15, -0.1) is 6.58 Å². The van der Waals surface area contributed by atoms with Crippen LogP contribution in [0.3, 0.4) is 0 Å². The van der Waals surface area contributed by atoms with Crippen LogP contribution in [0.4, 0.5) is 0 Å². The van der Waals surface area contributed by atoms with E-state index in [-0.39, 0.29) is 0 Å². The predicted molar refractivity (Wildman–Crippen MR) is 50.3 cm³/mol. The second-order valence-corrected chi connectivity index (χ2v) is 3.55. The third-order valence-corrected chi connectivity index (χ3v) is 2.63. The smallest absolute Gasteiger partial charge is 0.0173 e. The first kappa shape index (κ1) is 8.83. The minimum atomic E-state index is 1.03. The van der Waals surface area contributed by atoms with E-state index in [0.29, 0.717) is 0 Å². The van der Waals surface area contributed by atoms with Gasteiger partial charge in [-0.2, -0.15) is 0 Å². The number of allylic oxidation sites excluding steroid dienone is 1. The Kier molecular flexibility index (Phi) is 4.33. The van der Waals surface area contributed by atoms with Crippen LogP contribution in [-0.2, 0) is 0 Å². The molecular formula is C11H19. The van der Waals surface area contributed by atoms with Crippen molar-refractivity contribution in [3.05, 3.63) is 19.1 Å². The van der Waals surface area contributed by atoms with Gasteiger partial charge in [-0.3, -0.25) is 0 Å². The Labute approximate surface area is 70.7 Å². The van der Waals surface area contributed by atoms with Crippen LogP contribution >= 0.6 is 0 Å². The van der Waals surface area contributed by atoms with Crippen LogP contribution in [0.1, 0.15) is 44.9 Å². The van der Waals surface area contributed by atoms with Crippen LogP contribution in [0.15, 0.2) is 12.7 Å². The van der Waals surface area contributed by atoms with Gasteiger partial charge in [0.1, 0.15) is 0 Å². The van der Waals surface area contributed by atoms with Gasteiger partial charge >= 0.3 is 0 Å². The van der Waals surface area contributed by atoms with Gasteiger partial charge in [0, 0.05) is 0 Å². The molecular weight excluding hydrogens is 132 g/mol. The lowest BCUT2D eigenvalue weighted by atomic mass is 9.86. The summed E-state index contributed by atoms with van der Waals surface area (Å²) in [4.78, 5) is 0. The molecule has 1 fully saturated rings. The summed E-state index contributed by atoms with van der Waals surface area (Å²) < 4.78 is 0. The summed E-state index contributed by atoms with van der Waals surface area (Å²) in [5.41, 5.74) is 0. The maximum Gasteiger partial charge on any atom is -0.0173 e. The van der Waals surface area contributed by atoms with E-state index >= 15 is 0 Å². The topological polar surface area (TPSA) is 0 Å². The molecule has 0 aromatic rings. The van der Waals surface area contributed by atoms with Gasteiger partial charge in [-0.25, -0.2) is 0 Å². The van der Waals surface area contributed by atoms with Gasteiger partial charge < -0.3 is 0 Å². The molecule has 0 nitrogen and oxygen atoms in total. The number of rotatable bonds is 4. The van der Waals surface area contributed by atoms with Crippen molar-refractivity contribution < 1.29 is 0 Å². The maximum absolute atomic E-state index is 3.69. The molecule has 0 amide bonds. The molecule has 1 saturated carbocycles. The minimum Gasteiger partial charge on any atom is -0.103 e. The Morgan fingerprint density at radius 3 is 2.55 bits per heavy atom. The lowest BCUT2D eigenvalue weighted by molar-refractivity contribution is 0.339. The quantitative estimate of drug-likeness (QED) is 0.537. The van der Waals surface area contributed by atoms with Gasteiger partial charge in [-0.05, 0) is 25.2 Å². The van der Waals surface area contributed by atoms with E-state index in [4.69, 9.17) is 0 Å². The van der Waals surface area contributed by atoms with Crippen LogP contribution in [-0.4, -0.2) is 0 Å². The summed E-state index contributed by atoms with van der Waals surface area (Å²) in [6.07, 6.45) is 14.1. The molecule has 0 heteroatoms. The highest BCUT2D eigenvalue weighted by molar-refractivity contribution is 4.86. The van der Waals surface area contributed by atoms with Crippen molar-refractivity contribution in [3.8, 4) is 0 Å². The van der Waals surface area contributed by atoms with Crippen molar-refractivity contribution in [3.63, 3.8) is 0 Å². The van der Waals surface area contributed by atoms with Crippen molar-refractivity contribution in [2.24, 2.45) is 5.92 Å². The van der Waals surface area contributed by atoms with Crippen LogP contribution in [0.5, 0.6) is 0 Å². The van der Waals surface area contributed by atoms with Crippen molar-refractivity contribution in [1.29, 1.82) is 0 Å². The lowest BCUT2D eigenvalue weighted by Gasteiger charge is -2.20. The van der Waals surface area contributed by atoms with Crippen molar-refractivity contribution in [2.75, 3.05) is 0 Å². The average Bonchev–Trinajstić information content (AvgIpc) is 2.07. The molecule has 11 heavy (non-hydrogen) atoms. The Morgan fingerprint density at radius 1 is 1.18 bits per heavy atom. The standard InChI is InChI=1S/C11H19/c1-2-3-5-8-11-9-6-4-7-10-11/h2-3,11H,1,4-10H2. The van der Waals surface area contributed by atoms with E-state index in [2.05, 4.69) is 13.0 Å². The maximum atomic E-state index is 3.69. The zero-order valence-corrected chi connectivity index (χ0v) is 7.39. The van der Waals surface area contributed by atoms with Gasteiger partial charge in [0.05, 0.1) is 0 Å². The molecule has 63 valence electrons. The lowest BCUT2D eigenvalue weighted by Crippen LogP contribution is -2.05. The van der Waals surface area contributed by atoms with Crippen molar-refractivity contribution in [2.45, 2.75) is 44.9 Å². The number of hydrogen-bond acceptors (Lipinski definition) is 0. The van der Waals surface area contributed by atoms with Crippen molar-refractivity contribution >= 4 is 0 Å². The van der Waals surface area contributed by atoms with E-state index < -0.39 is 0 Å². The fourth-order valence-corrected chi connectivity index (χ4v) is 1.93. The van der Waals surface area contributed by atoms with Crippen LogP contribution in [0.2, 0.25) is 0 Å². The van der Waals surface area contributed by atoms with Gasteiger partial charge in [0.25, 0.3) is 0 Å². The fraction of sp³-hybridized carbons (Fsp3) is 0.727. The third kappa shape index (κ3) is 3.60. The van der Waals surface area contributed by atoms with E-state index in [1.165, 1.54) is 44.9 Å². The minimum absolute atomic E-state index is 1.03. The van der Waals surface area contributed by atoms with E-state index in [9.17, 15) is 0 Å². The van der Waals surface area contributed by atoms with Gasteiger partial charge in [-0.1, -0.05) is 38.2 Å². The molecule has 1 radical (unpaired) electrons. The van der Waals surface area contributed by atoms with E-state index in [1.54, 1.807) is 0 Å². The molecule has 0 spiro atoms. The van der Waals surface area contributed by atoms with Crippen molar-refractivity contribution in [1.82, 2.24) is 0 Å². The van der Waals surface area contributed by atoms with E-state index in [1.807, 2.05) is 6.08 Å². The second kappa shape index (κ2) is 5.40. The summed E-state index contributed by atoms with van der Waals surface area (Å²) >= 11 is 0. The Morgan fingerprint density at radius 2 is 1.91 bits per heavy atom. The summed E-state index contributed by atoms with van der Waals surface area (Å²) in [6.45, 7) is 3.69. The Balaban J connectivity index is 2.00. The predicted octanol–water partition coefficient (Wildman–Crippen LogP) is 3.74. The molecule has 0 aliphatic heterocycles. The molecule has 1 rings (SSSR count). The highest BCUT2D eigenvalue weighted by atomic mass is 14.2. The molecule has 0 aromatic carbocycles. The number of unbranched alkanes of at least 4 members (excludes halogenated alkanes) is 1. The highest BCUT2D eigenvalue weighted by Crippen LogP contribution is 2.27. The number of hydrogen-bond donors (Lipinski definition) is 0. The van der Waals surface area contributed by atoms with Crippen LogP contribution in [0, 0.1) is 12.3 Å². The zero-order chi connectivity index (χ0) is 7.94. The summed E-state index contributed by atoms with van der Waals surface area (Å²) in [5, 5.41) is 0. The first-order valence-electron chi connectivity index (χ1n) is 4.87. The van der Waals surface area contributed by atoms with Gasteiger partial charge in [0.2, 0.25) is 0 Å². The normalized spacial score (nSPS) is 20.0. The Bertz CT molecular complexity index is 98.6. The van der Waals surface area contributed by atoms with Crippen LogP contribution < -0.4 is 0 Å². The molecule has 0 N–H and O–H groups in total. The second-order valence-electron chi connectivity index (χ2n) is 3.55. The molecule has 0 bridgehead atoms. The largest absolute Gasteiger partial charge is 0.103 e. The summed E-state index contributed by atoms with van der Waals surface area (Å²) in [5.74, 6) is 1.03. The summed E-state index contributed by atoms with van der Waals surface area (Å²) in [7, 11) is 0. The third-order valence-electron chi connectivity index (χ3n) is 2.63. The average molecular weight is 151 g/mol. The zero-order valence-electron chi connectivity index (χ0n) is 7.39. The summed E-state index contributed by atoms with van der Waals surface area (Å²) in [6, 6.07) is 0. The molecule has 0 atom stereocenters. The molecule has 0 saturated heterocycles. The Hall–Kier alpha value is -0.260. The molecule has 0 unspecified atom stereocenters. The first-order valence-corrected chi connectivity index (χ1v) is 4.87. The molecule has 0 heterocycles. The van der Waals surface area contributed by atoms with Crippen LogP contribution in [0.25, 0.3) is 0 Å². The molecule has 0 aromatic heterocycles.